The Hall–Kier alpha value is -2.40. The van der Waals surface area contributed by atoms with Crippen molar-refractivity contribution in [3.63, 3.8) is 0 Å². The van der Waals surface area contributed by atoms with Gasteiger partial charge in [-0.15, -0.1) is 0 Å². The van der Waals surface area contributed by atoms with Gasteiger partial charge in [0.2, 0.25) is 5.91 Å². The smallest absolute Gasteiger partial charge is 0.223 e. The van der Waals surface area contributed by atoms with Crippen LogP contribution >= 0.6 is 11.3 Å². The van der Waals surface area contributed by atoms with Gasteiger partial charge in [0.05, 0.1) is 11.9 Å². The van der Waals surface area contributed by atoms with Crippen molar-refractivity contribution in [2.75, 3.05) is 6.54 Å². The molecule has 1 atom stereocenters. The first-order chi connectivity index (χ1) is 11.7. The molecule has 1 saturated heterocycles. The van der Waals surface area contributed by atoms with Gasteiger partial charge in [-0.1, -0.05) is 29.8 Å². The normalized spacial score (nSPS) is 17.6. The Morgan fingerprint density at radius 3 is 2.88 bits per heavy atom. The number of carbonyl (C=O) groups excluding carboxylic acids is 1. The molecule has 1 N–H and O–H groups in total. The van der Waals surface area contributed by atoms with Crippen molar-refractivity contribution < 1.29 is 4.79 Å². The molecular formula is C19H19N3OS. The quantitative estimate of drug-likeness (QED) is 0.783. The molecule has 24 heavy (non-hydrogen) atoms. The monoisotopic (exact) mass is 337 g/mol. The molecule has 5 heteroatoms. The molecule has 4 rings (SSSR count). The number of likely N-dealkylation sites (tertiary alicyclic amines) is 1. The third kappa shape index (κ3) is 2.99. The van der Waals surface area contributed by atoms with Crippen LogP contribution in [0.5, 0.6) is 0 Å². The number of carbonyl (C=O) groups is 1. The molecule has 1 aliphatic rings. The van der Waals surface area contributed by atoms with Crippen molar-refractivity contribution >= 4 is 17.2 Å². The average molecular weight is 337 g/mol. The molecule has 0 radical (unpaired) electrons. The number of hydrogen-bond acceptors (Lipinski definition) is 3. The fraction of sp³-hybridized carbons (Fsp3) is 0.263. The Morgan fingerprint density at radius 2 is 2.12 bits per heavy atom. The number of thiophene rings is 1. The maximum Gasteiger partial charge on any atom is 0.223 e. The Balaban J connectivity index is 1.47. The Labute approximate surface area is 145 Å². The number of hydrogen-bond donors (Lipinski definition) is 1. The Bertz CT molecular complexity index is 836. The number of aromatic amines is 1. The molecule has 4 nitrogen and oxygen atoms in total. The van der Waals surface area contributed by atoms with E-state index < -0.39 is 0 Å². The second-order valence-corrected chi connectivity index (χ2v) is 7.14. The van der Waals surface area contributed by atoms with E-state index in [4.69, 9.17) is 0 Å². The van der Waals surface area contributed by atoms with E-state index in [1.807, 2.05) is 11.1 Å². The highest BCUT2D eigenvalue weighted by molar-refractivity contribution is 7.08. The molecular weight excluding hydrogens is 318 g/mol. The van der Waals surface area contributed by atoms with Crippen LogP contribution in [0.4, 0.5) is 0 Å². The molecule has 1 aliphatic heterocycles. The van der Waals surface area contributed by atoms with Crippen LogP contribution in [0.3, 0.4) is 0 Å². The van der Waals surface area contributed by atoms with Gasteiger partial charge >= 0.3 is 0 Å². The lowest BCUT2D eigenvalue weighted by Gasteiger charge is -2.16. The van der Waals surface area contributed by atoms with Gasteiger partial charge in [-0.25, -0.2) is 4.98 Å². The van der Waals surface area contributed by atoms with Crippen molar-refractivity contribution in [3.05, 3.63) is 64.2 Å². The summed E-state index contributed by atoms with van der Waals surface area (Å²) in [6.07, 6.45) is 2.40. The number of benzene rings is 1. The molecule has 0 saturated carbocycles. The molecule has 1 fully saturated rings. The number of aromatic nitrogens is 2. The summed E-state index contributed by atoms with van der Waals surface area (Å²) in [5, 5.41) is 4.15. The van der Waals surface area contributed by atoms with Gasteiger partial charge in [-0.05, 0) is 23.9 Å². The summed E-state index contributed by atoms with van der Waals surface area (Å²) >= 11 is 1.67. The molecule has 2 aromatic heterocycles. The van der Waals surface area contributed by atoms with Crippen LogP contribution in [-0.2, 0) is 11.3 Å². The largest absolute Gasteiger partial charge is 0.342 e. The number of nitrogens with one attached hydrogen (secondary N) is 1. The fourth-order valence-corrected chi connectivity index (χ4v) is 3.79. The second kappa shape index (κ2) is 6.24. The van der Waals surface area contributed by atoms with Crippen LogP contribution in [0.1, 0.15) is 29.3 Å². The SMILES string of the molecule is Cc1ccc(CN2CC(c3ncc(-c4ccsc4)[nH]3)CC2=O)cc1. The number of aryl methyl sites for hydroxylation is 1. The number of rotatable bonds is 4. The fourth-order valence-electron chi connectivity index (χ4n) is 3.13. The predicted octanol–water partition coefficient (Wildman–Crippen LogP) is 3.96. The third-order valence-corrected chi connectivity index (χ3v) is 5.21. The lowest BCUT2D eigenvalue weighted by Crippen LogP contribution is -2.24. The van der Waals surface area contributed by atoms with Crippen LogP contribution in [0.2, 0.25) is 0 Å². The summed E-state index contributed by atoms with van der Waals surface area (Å²) in [7, 11) is 0. The lowest BCUT2D eigenvalue weighted by molar-refractivity contribution is -0.128. The zero-order valence-electron chi connectivity index (χ0n) is 13.5. The first-order valence-corrected chi connectivity index (χ1v) is 9.04. The minimum atomic E-state index is 0.148. The number of imidazole rings is 1. The molecule has 0 spiro atoms. The molecule has 1 aromatic carbocycles. The van der Waals surface area contributed by atoms with E-state index in [2.05, 4.69) is 58.0 Å². The summed E-state index contributed by atoms with van der Waals surface area (Å²) in [5.41, 5.74) is 4.59. The van der Waals surface area contributed by atoms with Crippen LogP contribution in [0.15, 0.2) is 47.3 Å². The molecule has 1 amide bonds. The summed E-state index contributed by atoms with van der Waals surface area (Å²) in [4.78, 5) is 22.2. The molecule has 0 aliphatic carbocycles. The van der Waals surface area contributed by atoms with Gasteiger partial charge in [0.15, 0.2) is 0 Å². The topological polar surface area (TPSA) is 49.0 Å². The molecule has 1 unspecified atom stereocenters. The first kappa shape index (κ1) is 15.1. The maximum absolute atomic E-state index is 12.4. The third-order valence-electron chi connectivity index (χ3n) is 4.52. The maximum atomic E-state index is 12.4. The standard InChI is InChI=1S/C19H19N3OS/c1-13-2-4-14(5-3-13)10-22-11-16(8-18(22)23)19-20-9-17(21-19)15-6-7-24-12-15/h2-7,9,12,16H,8,10-11H2,1H3,(H,20,21). The van der Waals surface area contributed by atoms with E-state index in [9.17, 15) is 4.79 Å². The van der Waals surface area contributed by atoms with Gasteiger partial charge in [-0.2, -0.15) is 11.3 Å². The molecule has 122 valence electrons. The second-order valence-electron chi connectivity index (χ2n) is 6.36. The summed E-state index contributed by atoms with van der Waals surface area (Å²) in [5.74, 6) is 1.26. The number of H-pyrrole nitrogens is 1. The minimum absolute atomic E-state index is 0.148. The Morgan fingerprint density at radius 1 is 1.29 bits per heavy atom. The van der Waals surface area contributed by atoms with Crippen LogP contribution < -0.4 is 0 Å². The van der Waals surface area contributed by atoms with Crippen LogP contribution in [0.25, 0.3) is 11.3 Å². The zero-order chi connectivity index (χ0) is 16.5. The van der Waals surface area contributed by atoms with Gasteiger partial charge in [-0.3, -0.25) is 4.79 Å². The van der Waals surface area contributed by atoms with Crippen molar-refractivity contribution in [2.45, 2.75) is 25.8 Å². The predicted molar refractivity (Wildman–Crippen MR) is 95.9 cm³/mol. The van der Waals surface area contributed by atoms with Gasteiger partial charge in [0, 0.05) is 36.4 Å². The van der Waals surface area contributed by atoms with E-state index in [0.717, 1.165) is 23.6 Å². The highest BCUT2D eigenvalue weighted by atomic mass is 32.1. The summed E-state index contributed by atoms with van der Waals surface area (Å²) < 4.78 is 0. The summed E-state index contributed by atoms with van der Waals surface area (Å²) in [6, 6.07) is 10.4. The van der Waals surface area contributed by atoms with Gasteiger partial charge < -0.3 is 9.88 Å². The highest BCUT2D eigenvalue weighted by Gasteiger charge is 2.32. The van der Waals surface area contributed by atoms with E-state index in [1.165, 1.54) is 11.1 Å². The van der Waals surface area contributed by atoms with E-state index in [1.54, 1.807) is 11.3 Å². The van der Waals surface area contributed by atoms with Crippen molar-refractivity contribution in [3.8, 4) is 11.3 Å². The van der Waals surface area contributed by atoms with E-state index in [-0.39, 0.29) is 11.8 Å². The molecule has 3 heterocycles. The summed E-state index contributed by atoms with van der Waals surface area (Å²) in [6.45, 7) is 3.47. The number of nitrogens with zero attached hydrogens (tertiary/aromatic N) is 2. The van der Waals surface area contributed by atoms with Gasteiger partial charge in [0.1, 0.15) is 5.82 Å². The molecule has 0 bridgehead atoms. The lowest BCUT2D eigenvalue weighted by atomic mass is 10.1. The van der Waals surface area contributed by atoms with Crippen molar-refractivity contribution in [1.82, 2.24) is 14.9 Å². The van der Waals surface area contributed by atoms with E-state index >= 15 is 0 Å². The highest BCUT2D eigenvalue weighted by Crippen LogP contribution is 2.29. The molecule has 3 aromatic rings. The zero-order valence-corrected chi connectivity index (χ0v) is 14.3. The van der Waals surface area contributed by atoms with Crippen LogP contribution in [0, 0.1) is 6.92 Å². The van der Waals surface area contributed by atoms with Crippen molar-refractivity contribution in [1.29, 1.82) is 0 Å². The Kier molecular flexibility index (Phi) is 3.94. The van der Waals surface area contributed by atoms with E-state index in [0.29, 0.717) is 13.0 Å². The van der Waals surface area contributed by atoms with Crippen LogP contribution in [-0.4, -0.2) is 27.3 Å². The first-order valence-electron chi connectivity index (χ1n) is 8.10. The average Bonchev–Trinajstić information content (AvgIpc) is 3.30. The number of amides is 1. The minimum Gasteiger partial charge on any atom is -0.342 e. The van der Waals surface area contributed by atoms with Gasteiger partial charge in [0.25, 0.3) is 0 Å². The van der Waals surface area contributed by atoms with Crippen molar-refractivity contribution in [2.24, 2.45) is 0 Å².